The summed E-state index contributed by atoms with van der Waals surface area (Å²) in [5.74, 6) is 0. The molecule has 1 heterocycles. The molecule has 2 rings (SSSR count). The Morgan fingerprint density at radius 3 is 3.06 bits per heavy atom. The lowest BCUT2D eigenvalue weighted by Crippen LogP contribution is -2.06. The first-order valence-corrected chi connectivity index (χ1v) is 5.33. The van der Waals surface area contributed by atoms with Crippen molar-refractivity contribution in [2.45, 2.75) is 13.0 Å². The number of carbonyl (C=O) groups is 1. The zero-order valence-corrected chi connectivity index (χ0v) is 9.00. The van der Waals surface area contributed by atoms with Crippen LogP contribution in [0.5, 0.6) is 0 Å². The van der Waals surface area contributed by atoms with Crippen molar-refractivity contribution in [1.82, 2.24) is 9.55 Å². The highest BCUT2D eigenvalue weighted by Gasteiger charge is 2.00. The second kappa shape index (κ2) is 5.42. The van der Waals surface area contributed by atoms with E-state index < -0.39 is 0 Å². The number of hydrogen-bond donors (Lipinski definition) is 0. The number of para-hydroxylation sites is 2. The molecule has 0 aliphatic rings. The highest BCUT2D eigenvalue weighted by Crippen LogP contribution is 2.11. The Bertz CT molecular complexity index is 465. The summed E-state index contributed by atoms with van der Waals surface area (Å²) in [6, 6.07) is 7.99. The smallest absolute Gasteiger partial charge is 0.122 e. The number of imidazole rings is 1. The van der Waals surface area contributed by atoms with Crippen LogP contribution < -0.4 is 0 Å². The van der Waals surface area contributed by atoms with Gasteiger partial charge in [-0.3, -0.25) is 0 Å². The molecule has 0 amide bonds. The SMILES string of the molecule is O=CCCOCCn1cnc2ccccc21. The zero-order valence-electron chi connectivity index (χ0n) is 9.00. The van der Waals surface area contributed by atoms with Gasteiger partial charge in [-0.25, -0.2) is 4.98 Å². The second-order valence-electron chi connectivity index (χ2n) is 3.49. The van der Waals surface area contributed by atoms with Gasteiger partial charge in [-0.15, -0.1) is 0 Å². The first-order chi connectivity index (χ1) is 7.92. The van der Waals surface area contributed by atoms with E-state index in [1.165, 1.54) is 0 Å². The molecule has 2 aromatic rings. The summed E-state index contributed by atoms with van der Waals surface area (Å²) >= 11 is 0. The maximum absolute atomic E-state index is 10.1. The fraction of sp³-hybridized carbons (Fsp3) is 0.333. The van der Waals surface area contributed by atoms with E-state index in [9.17, 15) is 4.79 Å². The molecule has 0 N–H and O–H groups in total. The van der Waals surface area contributed by atoms with E-state index in [1.54, 1.807) is 0 Å². The average molecular weight is 218 g/mol. The molecule has 16 heavy (non-hydrogen) atoms. The highest BCUT2D eigenvalue weighted by molar-refractivity contribution is 5.74. The molecule has 1 aromatic heterocycles. The minimum Gasteiger partial charge on any atom is -0.379 e. The molecule has 84 valence electrons. The first-order valence-electron chi connectivity index (χ1n) is 5.33. The monoisotopic (exact) mass is 218 g/mol. The molecular weight excluding hydrogens is 204 g/mol. The van der Waals surface area contributed by atoms with Gasteiger partial charge in [0.05, 0.1) is 30.6 Å². The van der Waals surface area contributed by atoms with Crippen LogP contribution >= 0.6 is 0 Å². The van der Waals surface area contributed by atoms with Gasteiger partial charge in [-0.1, -0.05) is 12.1 Å². The van der Waals surface area contributed by atoms with Crippen molar-refractivity contribution in [2.24, 2.45) is 0 Å². The Kier molecular flexibility index (Phi) is 3.66. The number of hydrogen-bond acceptors (Lipinski definition) is 3. The number of aromatic nitrogens is 2. The molecular formula is C12H14N2O2. The van der Waals surface area contributed by atoms with Crippen molar-refractivity contribution in [3.05, 3.63) is 30.6 Å². The van der Waals surface area contributed by atoms with Crippen molar-refractivity contribution >= 4 is 17.3 Å². The summed E-state index contributed by atoms with van der Waals surface area (Å²) in [5.41, 5.74) is 2.11. The van der Waals surface area contributed by atoms with Gasteiger partial charge in [-0.2, -0.15) is 0 Å². The summed E-state index contributed by atoms with van der Waals surface area (Å²) in [7, 11) is 0. The van der Waals surface area contributed by atoms with Crippen LogP contribution in [0.25, 0.3) is 11.0 Å². The molecule has 0 aliphatic carbocycles. The van der Waals surface area contributed by atoms with Crippen LogP contribution in [0.3, 0.4) is 0 Å². The van der Waals surface area contributed by atoms with Gasteiger partial charge in [0, 0.05) is 13.0 Å². The van der Waals surface area contributed by atoms with Gasteiger partial charge in [0.25, 0.3) is 0 Å². The maximum Gasteiger partial charge on any atom is 0.122 e. The van der Waals surface area contributed by atoms with E-state index in [1.807, 2.05) is 30.6 Å². The van der Waals surface area contributed by atoms with E-state index >= 15 is 0 Å². The second-order valence-corrected chi connectivity index (χ2v) is 3.49. The lowest BCUT2D eigenvalue weighted by atomic mass is 10.3. The van der Waals surface area contributed by atoms with Crippen LogP contribution in [-0.4, -0.2) is 29.1 Å². The van der Waals surface area contributed by atoms with Gasteiger partial charge >= 0.3 is 0 Å². The fourth-order valence-corrected chi connectivity index (χ4v) is 1.58. The number of ether oxygens (including phenoxy) is 1. The van der Waals surface area contributed by atoms with Gasteiger partial charge in [0.1, 0.15) is 6.29 Å². The van der Waals surface area contributed by atoms with Gasteiger partial charge in [-0.05, 0) is 12.1 Å². The Balaban J connectivity index is 1.91. The van der Waals surface area contributed by atoms with Crippen LogP contribution in [0.4, 0.5) is 0 Å². The van der Waals surface area contributed by atoms with Crippen molar-refractivity contribution in [2.75, 3.05) is 13.2 Å². The van der Waals surface area contributed by atoms with Gasteiger partial charge in [0.2, 0.25) is 0 Å². The van der Waals surface area contributed by atoms with Crippen LogP contribution in [-0.2, 0) is 16.1 Å². The van der Waals surface area contributed by atoms with Crippen molar-refractivity contribution in [3.63, 3.8) is 0 Å². The van der Waals surface area contributed by atoms with Crippen LogP contribution in [0.1, 0.15) is 6.42 Å². The molecule has 0 bridgehead atoms. The third-order valence-electron chi connectivity index (χ3n) is 2.38. The molecule has 0 unspecified atom stereocenters. The normalized spacial score (nSPS) is 10.8. The molecule has 0 spiro atoms. The number of aldehydes is 1. The number of carbonyl (C=O) groups excluding carboxylic acids is 1. The summed E-state index contributed by atoms with van der Waals surface area (Å²) in [4.78, 5) is 14.4. The maximum atomic E-state index is 10.1. The zero-order chi connectivity index (χ0) is 11.2. The van der Waals surface area contributed by atoms with Crippen molar-refractivity contribution < 1.29 is 9.53 Å². The molecule has 4 nitrogen and oxygen atoms in total. The van der Waals surface area contributed by atoms with E-state index in [4.69, 9.17) is 4.74 Å². The molecule has 0 saturated heterocycles. The predicted molar refractivity (Wildman–Crippen MR) is 61.2 cm³/mol. The van der Waals surface area contributed by atoms with E-state index in [-0.39, 0.29) is 0 Å². The topological polar surface area (TPSA) is 44.1 Å². The number of benzene rings is 1. The summed E-state index contributed by atoms with van der Waals surface area (Å²) in [5, 5.41) is 0. The standard InChI is InChI=1S/C12H14N2O2/c15-7-3-8-16-9-6-14-10-13-11-4-1-2-5-12(11)14/h1-2,4-5,7,10H,3,6,8-9H2. The molecule has 1 aromatic carbocycles. The average Bonchev–Trinajstić information content (AvgIpc) is 2.73. The minimum atomic E-state index is 0.463. The Morgan fingerprint density at radius 1 is 1.31 bits per heavy atom. The third kappa shape index (κ3) is 2.46. The third-order valence-corrected chi connectivity index (χ3v) is 2.38. The van der Waals surface area contributed by atoms with Crippen molar-refractivity contribution in [3.8, 4) is 0 Å². The quantitative estimate of drug-likeness (QED) is 0.547. The highest BCUT2D eigenvalue weighted by atomic mass is 16.5. The molecule has 0 atom stereocenters. The molecule has 0 saturated carbocycles. The van der Waals surface area contributed by atoms with Crippen LogP contribution in [0.15, 0.2) is 30.6 Å². The number of fused-ring (bicyclic) bond motifs is 1. The minimum absolute atomic E-state index is 0.463. The molecule has 0 fully saturated rings. The molecule has 4 heteroatoms. The molecule has 0 radical (unpaired) electrons. The Hall–Kier alpha value is -1.68. The lowest BCUT2D eigenvalue weighted by Gasteiger charge is -2.04. The van der Waals surface area contributed by atoms with E-state index in [0.717, 1.165) is 23.9 Å². The van der Waals surface area contributed by atoms with Crippen LogP contribution in [0.2, 0.25) is 0 Å². The summed E-state index contributed by atoms with van der Waals surface area (Å²) in [6.45, 7) is 1.86. The van der Waals surface area contributed by atoms with E-state index in [0.29, 0.717) is 19.6 Å². The number of rotatable bonds is 6. The number of nitrogens with zero attached hydrogens (tertiary/aromatic N) is 2. The predicted octanol–water partition coefficient (Wildman–Crippen LogP) is 1.64. The molecule has 0 aliphatic heterocycles. The van der Waals surface area contributed by atoms with Gasteiger partial charge in [0.15, 0.2) is 0 Å². The van der Waals surface area contributed by atoms with Crippen molar-refractivity contribution in [1.29, 1.82) is 0 Å². The Labute approximate surface area is 93.9 Å². The summed E-state index contributed by atoms with van der Waals surface area (Å²) in [6.07, 6.45) is 3.14. The Morgan fingerprint density at radius 2 is 2.19 bits per heavy atom. The lowest BCUT2D eigenvalue weighted by molar-refractivity contribution is -0.108. The summed E-state index contributed by atoms with van der Waals surface area (Å²) < 4.78 is 7.37. The van der Waals surface area contributed by atoms with Crippen LogP contribution in [0, 0.1) is 0 Å². The fourth-order valence-electron chi connectivity index (χ4n) is 1.58. The first kappa shape index (κ1) is 10.8. The van der Waals surface area contributed by atoms with Gasteiger partial charge < -0.3 is 14.1 Å². The largest absolute Gasteiger partial charge is 0.379 e. The van der Waals surface area contributed by atoms with E-state index in [2.05, 4.69) is 9.55 Å².